The lowest BCUT2D eigenvalue weighted by molar-refractivity contribution is 0.0827. The maximum Gasteiger partial charge on any atom is 0.256 e. The smallest absolute Gasteiger partial charge is 0.256 e. The zero-order valence-corrected chi connectivity index (χ0v) is 20.8. The van der Waals surface area contributed by atoms with E-state index in [9.17, 15) is 9.59 Å². The van der Waals surface area contributed by atoms with Crippen molar-refractivity contribution in [1.82, 2.24) is 19.7 Å². The highest BCUT2D eigenvalue weighted by atomic mass is 16.5. The Balaban J connectivity index is 1.82. The average molecular weight is 472 g/mol. The van der Waals surface area contributed by atoms with Crippen LogP contribution in [0.3, 0.4) is 0 Å². The van der Waals surface area contributed by atoms with Gasteiger partial charge in [0.25, 0.3) is 11.8 Å². The van der Waals surface area contributed by atoms with Gasteiger partial charge in [-0.05, 0) is 45.0 Å². The van der Waals surface area contributed by atoms with E-state index in [0.29, 0.717) is 39.3 Å². The second kappa shape index (κ2) is 9.58. The van der Waals surface area contributed by atoms with Gasteiger partial charge < -0.3 is 15.0 Å². The molecule has 0 fully saturated rings. The van der Waals surface area contributed by atoms with Crippen LogP contribution in [0.15, 0.2) is 54.7 Å². The molecule has 8 heteroatoms. The van der Waals surface area contributed by atoms with Gasteiger partial charge in [0.05, 0.1) is 35.6 Å². The van der Waals surface area contributed by atoms with Gasteiger partial charge in [-0.25, -0.2) is 9.67 Å². The van der Waals surface area contributed by atoms with Crippen LogP contribution >= 0.6 is 0 Å². The van der Waals surface area contributed by atoms with Crippen molar-refractivity contribution in [1.29, 1.82) is 0 Å². The molecule has 0 bridgehead atoms. The topological polar surface area (TPSA) is 89.3 Å². The van der Waals surface area contributed by atoms with E-state index in [4.69, 9.17) is 9.72 Å². The Kier molecular flexibility index (Phi) is 6.55. The predicted molar refractivity (Wildman–Crippen MR) is 137 cm³/mol. The number of carbonyl (C=O) groups is 2. The summed E-state index contributed by atoms with van der Waals surface area (Å²) >= 11 is 0. The highest BCUT2D eigenvalue weighted by molar-refractivity contribution is 6.13. The van der Waals surface area contributed by atoms with Gasteiger partial charge in [0.2, 0.25) is 0 Å². The number of amides is 2. The second-order valence-electron chi connectivity index (χ2n) is 8.91. The number of pyridine rings is 1. The molecule has 35 heavy (non-hydrogen) atoms. The number of rotatable bonds is 6. The van der Waals surface area contributed by atoms with Crippen molar-refractivity contribution in [3.8, 4) is 17.0 Å². The summed E-state index contributed by atoms with van der Waals surface area (Å²) in [5, 5.41) is 8.06. The van der Waals surface area contributed by atoms with Gasteiger partial charge in [-0.1, -0.05) is 29.8 Å². The van der Waals surface area contributed by atoms with Gasteiger partial charge in [-0.15, -0.1) is 0 Å². The van der Waals surface area contributed by atoms with Crippen LogP contribution in [-0.2, 0) is 0 Å². The summed E-state index contributed by atoms with van der Waals surface area (Å²) in [5.41, 5.74) is 4.63. The standard InChI is InChI=1S/C27H29N5O3/c1-16(2)32-25-21(15-28-32)20(14-22(29-25)18-9-7-17(3)8-10-18)26(33)30-23-13-19(27(34)31(4)5)11-12-24(23)35-6/h7-16H,1-6H3,(H,30,33). The summed E-state index contributed by atoms with van der Waals surface area (Å²) in [4.78, 5) is 32.4. The minimum atomic E-state index is -0.346. The molecule has 0 atom stereocenters. The lowest BCUT2D eigenvalue weighted by atomic mass is 10.0. The Labute approximate surface area is 204 Å². The van der Waals surface area contributed by atoms with Crippen LogP contribution in [0.4, 0.5) is 5.69 Å². The number of anilines is 1. The fourth-order valence-corrected chi connectivity index (χ4v) is 3.84. The van der Waals surface area contributed by atoms with Crippen LogP contribution in [0.2, 0.25) is 0 Å². The molecular formula is C27H29N5O3. The van der Waals surface area contributed by atoms with Crippen LogP contribution in [0.25, 0.3) is 22.3 Å². The summed E-state index contributed by atoms with van der Waals surface area (Å²) in [6.07, 6.45) is 1.67. The number of nitrogens with zero attached hydrogens (tertiary/aromatic N) is 4. The molecule has 0 unspecified atom stereocenters. The molecule has 2 heterocycles. The molecule has 4 aromatic rings. The van der Waals surface area contributed by atoms with Crippen LogP contribution in [0, 0.1) is 6.92 Å². The lowest BCUT2D eigenvalue weighted by Gasteiger charge is -2.15. The summed E-state index contributed by atoms with van der Waals surface area (Å²) in [5.74, 6) is -0.0632. The fourth-order valence-electron chi connectivity index (χ4n) is 3.84. The van der Waals surface area contributed by atoms with Crippen molar-refractivity contribution in [2.75, 3.05) is 26.5 Å². The number of hydrogen-bond donors (Lipinski definition) is 1. The van der Waals surface area contributed by atoms with Crippen molar-refractivity contribution in [2.45, 2.75) is 26.8 Å². The Morgan fingerprint density at radius 3 is 2.40 bits per heavy atom. The van der Waals surface area contributed by atoms with Crippen LogP contribution < -0.4 is 10.1 Å². The maximum atomic E-state index is 13.6. The summed E-state index contributed by atoms with van der Waals surface area (Å²) < 4.78 is 7.24. The zero-order chi connectivity index (χ0) is 25.3. The number of hydrogen-bond acceptors (Lipinski definition) is 5. The molecule has 0 aliphatic heterocycles. The van der Waals surface area contributed by atoms with E-state index in [0.717, 1.165) is 11.1 Å². The molecule has 2 aromatic carbocycles. The number of methoxy groups -OCH3 is 1. The molecule has 2 aromatic heterocycles. The van der Waals surface area contributed by atoms with Gasteiger partial charge >= 0.3 is 0 Å². The van der Waals surface area contributed by atoms with Gasteiger partial charge in [0.1, 0.15) is 5.75 Å². The normalized spacial score (nSPS) is 11.1. The Morgan fingerprint density at radius 2 is 1.77 bits per heavy atom. The molecule has 180 valence electrons. The quantitative estimate of drug-likeness (QED) is 0.430. The molecule has 1 N–H and O–H groups in total. The Bertz CT molecular complexity index is 1400. The fraction of sp³-hybridized carbons (Fsp3) is 0.259. The van der Waals surface area contributed by atoms with E-state index in [2.05, 4.69) is 10.4 Å². The minimum Gasteiger partial charge on any atom is -0.495 e. The molecule has 2 amide bonds. The number of carbonyl (C=O) groups excluding carboxylic acids is 2. The third-order valence-corrected chi connectivity index (χ3v) is 5.75. The molecule has 0 saturated heterocycles. The van der Waals surface area contributed by atoms with E-state index in [1.807, 2.05) is 45.0 Å². The molecule has 4 rings (SSSR count). The van der Waals surface area contributed by atoms with Crippen molar-refractivity contribution in [3.05, 3.63) is 71.4 Å². The van der Waals surface area contributed by atoms with E-state index in [1.165, 1.54) is 12.0 Å². The third-order valence-electron chi connectivity index (χ3n) is 5.75. The summed E-state index contributed by atoms with van der Waals surface area (Å²) in [7, 11) is 4.88. The predicted octanol–water partition coefficient (Wildman–Crippen LogP) is 4.95. The number of aryl methyl sites for hydroxylation is 1. The number of nitrogens with one attached hydrogen (secondary N) is 1. The number of ether oxygens (including phenoxy) is 1. The van der Waals surface area contributed by atoms with Crippen molar-refractivity contribution in [3.63, 3.8) is 0 Å². The SMILES string of the molecule is COc1ccc(C(=O)N(C)C)cc1NC(=O)c1cc(-c2ccc(C)cc2)nc2c1cnn2C(C)C. The monoisotopic (exact) mass is 471 g/mol. The van der Waals surface area contributed by atoms with Crippen LogP contribution in [-0.4, -0.2) is 52.7 Å². The zero-order valence-electron chi connectivity index (χ0n) is 20.8. The van der Waals surface area contributed by atoms with Crippen molar-refractivity contribution in [2.24, 2.45) is 0 Å². The maximum absolute atomic E-state index is 13.6. The molecule has 8 nitrogen and oxygen atoms in total. The van der Waals surface area contributed by atoms with E-state index >= 15 is 0 Å². The molecule has 0 aliphatic carbocycles. The van der Waals surface area contributed by atoms with Crippen LogP contribution in [0.1, 0.15) is 46.2 Å². The number of benzene rings is 2. The lowest BCUT2D eigenvalue weighted by Crippen LogP contribution is -2.22. The molecule has 0 spiro atoms. The second-order valence-corrected chi connectivity index (χ2v) is 8.91. The van der Waals surface area contributed by atoms with Crippen molar-refractivity contribution < 1.29 is 14.3 Å². The first-order chi connectivity index (χ1) is 16.7. The third kappa shape index (κ3) is 4.73. The van der Waals surface area contributed by atoms with Gasteiger partial charge in [-0.3, -0.25) is 9.59 Å². The highest BCUT2D eigenvalue weighted by Crippen LogP contribution is 2.30. The molecule has 0 radical (unpaired) electrons. The summed E-state index contributed by atoms with van der Waals surface area (Å²) in [6, 6.07) is 14.8. The van der Waals surface area contributed by atoms with E-state index in [-0.39, 0.29) is 17.9 Å². The largest absolute Gasteiger partial charge is 0.495 e. The average Bonchev–Trinajstić information content (AvgIpc) is 3.27. The van der Waals surface area contributed by atoms with Crippen molar-refractivity contribution >= 4 is 28.5 Å². The first kappa shape index (κ1) is 23.9. The van der Waals surface area contributed by atoms with E-state index < -0.39 is 0 Å². The molecular weight excluding hydrogens is 442 g/mol. The highest BCUT2D eigenvalue weighted by Gasteiger charge is 2.20. The Hall–Kier alpha value is -4.20. The minimum absolute atomic E-state index is 0.0676. The number of fused-ring (bicyclic) bond motifs is 1. The van der Waals surface area contributed by atoms with Gasteiger partial charge in [-0.2, -0.15) is 5.10 Å². The number of aromatic nitrogens is 3. The summed E-state index contributed by atoms with van der Waals surface area (Å²) in [6.45, 7) is 6.06. The first-order valence-corrected chi connectivity index (χ1v) is 11.4. The van der Waals surface area contributed by atoms with Gasteiger partial charge in [0, 0.05) is 31.3 Å². The van der Waals surface area contributed by atoms with Crippen LogP contribution in [0.5, 0.6) is 5.75 Å². The van der Waals surface area contributed by atoms with E-state index in [1.54, 1.807) is 49.2 Å². The first-order valence-electron chi connectivity index (χ1n) is 11.4. The molecule has 0 aliphatic rings. The van der Waals surface area contributed by atoms with Gasteiger partial charge in [0.15, 0.2) is 5.65 Å². The Morgan fingerprint density at radius 1 is 1.06 bits per heavy atom. The molecule has 0 saturated carbocycles.